The fraction of sp³-hybridized carbons (Fsp3) is 0.417. The van der Waals surface area contributed by atoms with Gasteiger partial charge in [-0.25, -0.2) is 0 Å². The molecule has 0 saturated heterocycles. The maximum absolute atomic E-state index is 11.8. The first-order valence-electron chi connectivity index (χ1n) is 5.46. The number of likely N-dealkylation sites (N-methyl/N-ethyl adjacent to an activating group) is 1. The fourth-order valence-electron chi connectivity index (χ4n) is 1.46. The Morgan fingerprint density at radius 2 is 2.11 bits per heavy atom. The van der Waals surface area contributed by atoms with Crippen LogP contribution in [0.1, 0.15) is 10.4 Å². The molecule has 1 aromatic rings. The van der Waals surface area contributed by atoms with E-state index in [1.807, 2.05) is 19.0 Å². The second-order valence-corrected chi connectivity index (χ2v) is 5.09. The van der Waals surface area contributed by atoms with Gasteiger partial charge < -0.3 is 15.3 Å². The number of hydrogen-bond acceptors (Lipinski definition) is 3. The lowest BCUT2D eigenvalue weighted by molar-refractivity contribution is 0.0892. The highest BCUT2D eigenvalue weighted by Gasteiger charge is 2.13. The normalized spacial score (nSPS) is 12.6. The molecule has 1 aromatic carbocycles. The van der Waals surface area contributed by atoms with E-state index in [2.05, 4.69) is 5.32 Å². The molecular weight excluding hydrogens is 275 g/mol. The molecule has 0 aliphatic heterocycles. The third-order valence-electron chi connectivity index (χ3n) is 2.25. The van der Waals surface area contributed by atoms with Gasteiger partial charge in [0.25, 0.3) is 5.91 Å². The number of rotatable bonds is 5. The molecule has 0 heterocycles. The SMILES string of the molecule is CN(C)CC(O)CNC(=O)c1cc(Cl)ccc1Cl. The van der Waals surface area contributed by atoms with Gasteiger partial charge in [-0.3, -0.25) is 4.79 Å². The molecule has 0 spiro atoms. The number of hydrogen-bond donors (Lipinski definition) is 2. The lowest BCUT2D eigenvalue weighted by Crippen LogP contribution is -2.37. The van der Waals surface area contributed by atoms with E-state index in [9.17, 15) is 9.90 Å². The van der Waals surface area contributed by atoms with Crippen molar-refractivity contribution in [2.75, 3.05) is 27.2 Å². The van der Waals surface area contributed by atoms with Gasteiger partial charge in [0.15, 0.2) is 0 Å². The molecule has 0 aliphatic carbocycles. The van der Waals surface area contributed by atoms with Crippen LogP contribution < -0.4 is 5.32 Å². The van der Waals surface area contributed by atoms with Gasteiger partial charge in [0, 0.05) is 18.1 Å². The molecule has 2 N–H and O–H groups in total. The molecule has 1 amide bonds. The van der Waals surface area contributed by atoms with E-state index in [0.29, 0.717) is 22.2 Å². The van der Waals surface area contributed by atoms with E-state index in [4.69, 9.17) is 23.2 Å². The number of carbonyl (C=O) groups excluding carboxylic acids is 1. The second kappa shape index (κ2) is 6.95. The van der Waals surface area contributed by atoms with Gasteiger partial charge >= 0.3 is 0 Å². The van der Waals surface area contributed by atoms with Crippen LogP contribution in [0.4, 0.5) is 0 Å². The number of benzene rings is 1. The lowest BCUT2D eigenvalue weighted by atomic mass is 10.2. The number of nitrogens with zero attached hydrogens (tertiary/aromatic N) is 1. The van der Waals surface area contributed by atoms with Crippen molar-refractivity contribution in [2.24, 2.45) is 0 Å². The third-order valence-corrected chi connectivity index (χ3v) is 2.81. The highest BCUT2D eigenvalue weighted by molar-refractivity contribution is 6.35. The zero-order valence-electron chi connectivity index (χ0n) is 10.3. The van der Waals surface area contributed by atoms with Crippen LogP contribution >= 0.6 is 23.2 Å². The molecule has 6 heteroatoms. The van der Waals surface area contributed by atoms with Crippen LogP contribution in [0.25, 0.3) is 0 Å². The van der Waals surface area contributed by atoms with Crippen molar-refractivity contribution in [1.29, 1.82) is 0 Å². The number of halogens is 2. The average molecular weight is 291 g/mol. The molecule has 0 radical (unpaired) electrons. The van der Waals surface area contributed by atoms with E-state index < -0.39 is 6.10 Å². The van der Waals surface area contributed by atoms with Crippen molar-refractivity contribution < 1.29 is 9.90 Å². The van der Waals surface area contributed by atoms with Crippen LogP contribution in [0.5, 0.6) is 0 Å². The summed E-state index contributed by atoms with van der Waals surface area (Å²) < 4.78 is 0. The summed E-state index contributed by atoms with van der Waals surface area (Å²) >= 11 is 11.7. The minimum Gasteiger partial charge on any atom is -0.390 e. The van der Waals surface area contributed by atoms with E-state index in [-0.39, 0.29) is 12.5 Å². The molecule has 0 saturated carbocycles. The van der Waals surface area contributed by atoms with Gasteiger partial charge in [0.1, 0.15) is 0 Å². The standard InChI is InChI=1S/C12H16Cl2N2O2/c1-16(2)7-9(17)6-15-12(18)10-5-8(13)3-4-11(10)14/h3-5,9,17H,6-7H2,1-2H3,(H,15,18). The van der Waals surface area contributed by atoms with Crippen LogP contribution in [0.15, 0.2) is 18.2 Å². The highest BCUT2D eigenvalue weighted by atomic mass is 35.5. The molecule has 4 nitrogen and oxygen atoms in total. The number of aliphatic hydroxyl groups excluding tert-OH is 1. The average Bonchev–Trinajstić information content (AvgIpc) is 2.28. The van der Waals surface area contributed by atoms with Crippen LogP contribution in [-0.2, 0) is 0 Å². The van der Waals surface area contributed by atoms with Crippen LogP contribution in [0, 0.1) is 0 Å². The molecule has 1 rings (SSSR count). The summed E-state index contributed by atoms with van der Waals surface area (Å²) in [5.41, 5.74) is 0.307. The van der Waals surface area contributed by atoms with Gasteiger partial charge in [0.05, 0.1) is 16.7 Å². The molecule has 0 aromatic heterocycles. The molecular formula is C12H16Cl2N2O2. The summed E-state index contributed by atoms with van der Waals surface area (Å²) in [5.74, 6) is -0.347. The molecule has 0 bridgehead atoms. The molecule has 1 atom stereocenters. The van der Waals surface area contributed by atoms with Crippen molar-refractivity contribution in [3.8, 4) is 0 Å². The molecule has 0 aliphatic rings. The minimum absolute atomic E-state index is 0.167. The van der Waals surface area contributed by atoms with Crippen molar-refractivity contribution >= 4 is 29.1 Å². The number of carbonyl (C=O) groups is 1. The molecule has 1 unspecified atom stereocenters. The van der Waals surface area contributed by atoms with E-state index in [1.165, 1.54) is 6.07 Å². The van der Waals surface area contributed by atoms with E-state index >= 15 is 0 Å². The smallest absolute Gasteiger partial charge is 0.252 e. The Morgan fingerprint density at radius 1 is 1.44 bits per heavy atom. The molecule has 18 heavy (non-hydrogen) atoms. The van der Waals surface area contributed by atoms with Crippen LogP contribution in [0.3, 0.4) is 0 Å². The van der Waals surface area contributed by atoms with Gasteiger partial charge in [-0.1, -0.05) is 23.2 Å². The Morgan fingerprint density at radius 3 is 2.72 bits per heavy atom. The monoisotopic (exact) mass is 290 g/mol. The summed E-state index contributed by atoms with van der Waals surface area (Å²) in [6.07, 6.45) is -0.623. The zero-order chi connectivity index (χ0) is 13.7. The van der Waals surface area contributed by atoms with E-state index in [0.717, 1.165) is 0 Å². The largest absolute Gasteiger partial charge is 0.390 e. The van der Waals surface area contributed by atoms with Crippen molar-refractivity contribution in [1.82, 2.24) is 10.2 Å². The van der Waals surface area contributed by atoms with Gasteiger partial charge in [-0.2, -0.15) is 0 Å². The maximum atomic E-state index is 11.8. The zero-order valence-corrected chi connectivity index (χ0v) is 11.8. The van der Waals surface area contributed by atoms with Gasteiger partial charge in [-0.15, -0.1) is 0 Å². The van der Waals surface area contributed by atoms with Crippen LogP contribution in [0.2, 0.25) is 10.0 Å². The first-order valence-corrected chi connectivity index (χ1v) is 6.21. The molecule has 100 valence electrons. The number of amides is 1. The number of nitrogens with one attached hydrogen (secondary N) is 1. The van der Waals surface area contributed by atoms with E-state index in [1.54, 1.807) is 12.1 Å². The minimum atomic E-state index is -0.623. The Bertz CT molecular complexity index is 425. The Balaban J connectivity index is 2.58. The summed E-state index contributed by atoms with van der Waals surface area (Å²) in [5, 5.41) is 13.0. The summed E-state index contributed by atoms with van der Waals surface area (Å²) in [4.78, 5) is 13.7. The first kappa shape index (κ1) is 15.2. The van der Waals surface area contributed by atoms with Crippen molar-refractivity contribution in [2.45, 2.75) is 6.10 Å². The Kier molecular flexibility index (Phi) is 5.88. The predicted octanol–water partition coefficient (Wildman–Crippen LogP) is 1.65. The second-order valence-electron chi connectivity index (χ2n) is 4.25. The lowest BCUT2D eigenvalue weighted by Gasteiger charge is -2.16. The summed E-state index contributed by atoms with van der Waals surface area (Å²) in [6.45, 7) is 0.642. The van der Waals surface area contributed by atoms with Crippen molar-refractivity contribution in [3.63, 3.8) is 0 Å². The van der Waals surface area contributed by atoms with Crippen molar-refractivity contribution in [3.05, 3.63) is 33.8 Å². The predicted molar refractivity (Wildman–Crippen MR) is 73.4 cm³/mol. The van der Waals surface area contributed by atoms with Gasteiger partial charge in [0.2, 0.25) is 0 Å². The Hall–Kier alpha value is -0.810. The van der Waals surface area contributed by atoms with Gasteiger partial charge in [-0.05, 0) is 32.3 Å². The molecule has 0 fully saturated rings. The summed E-state index contributed by atoms with van der Waals surface area (Å²) in [6, 6.07) is 4.67. The third kappa shape index (κ3) is 4.82. The summed E-state index contributed by atoms with van der Waals surface area (Å²) in [7, 11) is 3.69. The Labute approximate surface area is 116 Å². The number of aliphatic hydroxyl groups is 1. The quantitative estimate of drug-likeness (QED) is 0.867. The maximum Gasteiger partial charge on any atom is 0.252 e. The fourth-order valence-corrected chi connectivity index (χ4v) is 1.84. The topological polar surface area (TPSA) is 52.6 Å². The first-order chi connectivity index (χ1) is 8.40. The highest BCUT2D eigenvalue weighted by Crippen LogP contribution is 2.20. The van der Waals surface area contributed by atoms with Crippen LogP contribution in [-0.4, -0.2) is 49.2 Å².